The Kier molecular flexibility index (Phi) is 4.25. The highest BCUT2D eigenvalue weighted by Crippen LogP contribution is 2.33. The van der Waals surface area contributed by atoms with E-state index in [-0.39, 0.29) is 5.91 Å². The predicted octanol–water partition coefficient (Wildman–Crippen LogP) is 2.47. The van der Waals surface area contributed by atoms with E-state index in [0.717, 1.165) is 19.3 Å². The van der Waals surface area contributed by atoms with Gasteiger partial charge in [-0.1, -0.05) is 25.7 Å². The fourth-order valence-electron chi connectivity index (χ4n) is 3.07. The van der Waals surface area contributed by atoms with E-state index < -0.39 is 11.5 Å². The number of amides is 1. The Labute approximate surface area is 108 Å². The Balaban J connectivity index is 1.82. The molecule has 18 heavy (non-hydrogen) atoms. The summed E-state index contributed by atoms with van der Waals surface area (Å²) in [5.74, 6) is -0.481. The van der Waals surface area contributed by atoms with Crippen molar-refractivity contribution >= 4 is 11.9 Å². The number of rotatable bonds is 4. The molecule has 0 unspecified atom stereocenters. The third kappa shape index (κ3) is 3.03. The fraction of sp³-hybridized carbons (Fsp3) is 0.857. The molecule has 102 valence electrons. The van der Waals surface area contributed by atoms with Crippen molar-refractivity contribution in [2.75, 3.05) is 0 Å². The minimum absolute atomic E-state index is 0.0657. The zero-order valence-electron chi connectivity index (χ0n) is 10.9. The van der Waals surface area contributed by atoms with Crippen molar-refractivity contribution in [1.82, 2.24) is 5.32 Å². The van der Waals surface area contributed by atoms with Crippen molar-refractivity contribution in [3.05, 3.63) is 0 Å². The van der Waals surface area contributed by atoms with Gasteiger partial charge < -0.3 is 10.4 Å². The first-order valence-electron chi connectivity index (χ1n) is 7.17. The molecular formula is C14H23NO3. The number of hydrogen-bond acceptors (Lipinski definition) is 2. The topological polar surface area (TPSA) is 66.4 Å². The van der Waals surface area contributed by atoms with E-state index >= 15 is 0 Å². The van der Waals surface area contributed by atoms with E-state index in [1.54, 1.807) is 0 Å². The lowest BCUT2D eigenvalue weighted by atomic mass is 9.76. The van der Waals surface area contributed by atoms with E-state index in [9.17, 15) is 9.59 Å². The monoisotopic (exact) mass is 253 g/mol. The molecule has 0 radical (unpaired) electrons. The van der Waals surface area contributed by atoms with Crippen LogP contribution in [-0.2, 0) is 9.59 Å². The van der Waals surface area contributed by atoms with Crippen LogP contribution in [0.5, 0.6) is 0 Å². The lowest BCUT2D eigenvalue weighted by Gasteiger charge is -2.38. The van der Waals surface area contributed by atoms with Crippen LogP contribution in [0.3, 0.4) is 0 Å². The number of nitrogens with one attached hydrogen (secondary N) is 1. The average Bonchev–Trinajstić information content (AvgIpc) is 2.51. The molecule has 2 fully saturated rings. The number of carbonyl (C=O) groups is 2. The van der Waals surface area contributed by atoms with Crippen LogP contribution < -0.4 is 5.32 Å². The molecule has 4 nitrogen and oxygen atoms in total. The zero-order chi connectivity index (χ0) is 13.0. The summed E-state index contributed by atoms with van der Waals surface area (Å²) in [6.45, 7) is 0. The summed E-state index contributed by atoms with van der Waals surface area (Å²) in [6, 6.07) is 0. The first kappa shape index (κ1) is 13.4. The minimum Gasteiger partial charge on any atom is -0.480 e. The van der Waals surface area contributed by atoms with Crippen LogP contribution in [-0.4, -0.2) is 22.5 Å². The molecule has 2 rings (SSSR count). The number of carboxylic acid groups (broad SMARTS) is 1. The van der Waals surface area contributed by atoms with Crippen LogP contribution >= 0.6 is 0 Å². The fourth-order valence-corrected chi connectivity index (χ4v) is 3.07. The molecule has 2 aliphatic carbocycles. The van der Waals surface area contributed by atoms with Crippen molar-refractivity contribution < 1.29 is 14.7 Å². The summed E-state index contributed by atoms with van der Waals surface area (Å²) in [5.41, 5.74) is -0.943. The lowest BCUT2D eigenvalue weighted by Crippen LogP contribution is -2.59. The third-order valence-electron chi connectivity index (χ3n) is 4.44. The first-order chi connectivity index (χ1) is 8.62. The van der Waals surface area contributed by atoms with Gasteiger partial charge in [-0.3, -0.25) is 4.79 Å². The molecule has 0 spiro atoms. The van der Waals surface area contributed by atoms with Crippen LogP contribution in [0.25, 0.3) is 0 Å². The van der Waals surface area contributed by atoms with E-state index in [0.29, 0.717) is 25.2 Å². The van der Waals surface area contributed by atoms with Crippen molar-refractivity contribution in [2.45, 2.75) is 69.7 Å². The van der Waals surface area contributed by atoms with Crippen molar-refractivity contribution in [3.8, 4) is 0 Å². The molecule has 0 bridgehead atoms. The normalized spacial score (nSPS) is 23.8. The maximum absolute atomic E-state index is 12.0. The lowest BCUT2D eigenvalue weighted by molar-refractivity contribution is -0.152. The van der Waals surface area contributed by atoms with Gasteiger partial charge in [-0.05, 0) is 38.0 Å². The number of carbonyl (C=O) groups excluding carboxylic acids is 1. The molecule has 4 heteroatoms. The number of carboxylic acids is 1. The second-order valence-electron chi connectivity index (χ2n) is 5.85. The molecule has 0 atom stereocenters. The SMILES string of the molecule is O=C(CC1CCCCCC1)NC1(C(=O)O)CCC1. The Morgan fingerprint density at radius 2 is 1.67 bits per heavy atom. The molecule has 2 aliphatic rings. The van der Waals surface area contributed by atoms with Gasteiger partial charge in [-0.2, -0.15) is 0 Å². The maximum Gasteiger partial charge on any atom is 0.329 e. The van der Waals surface area contributed by atoms with Gasteiger partial charge in [0.25, 0.3) is 0 Å². The average molecular weight is 253 g/mol. The number of hydrogen-bond donors (Lipinski definition) is 2. The highest BCUT2D eigenvalue weighted by Gasteiger charge is 2.45. The Bertz CT molecular complexity index is 315. The molecule has 2 saturated carbocycles. The van der Waals surface area contributed by atoms with Crippen LogP contribution in [0.1, 0.15) is 64.2 Å². The van der Waals surface area contributed by atoms with Gasteiger partial charge in [0.1, 0.15) is 5.54 Å². The molecule has 0 aromatic carbocycles. The summed E-state index contributed by atoms with van der Waals surface area (Å²) < 4.78 is 0. The number of aliphatic carboxylic acids is 1. The van der Waals surface area contributed by atoms with Gasteiger partial charge in [-0.15, -0.1) is 0 Å². The Morgan fingerprint density at radius 3 is 2.11 bits per heavy atom. The van der Waals surface area contributed by atoms with Crippen molar-refractivity contribution in [3.63, 3.8) is 0 Å². The van der Waals surface area contributed by atoms with Gasteiger partial charge in [-0.25, -0.2) is 4.79 Å². The van der Waals surface area contributed by atoms with E-state index in [4.69, 9.17) is 5.11 Å². The maximum atomic E-state index is 12.0. The van der Waals surface area contributed by atoms with Gasteiger partial charge >= 0.3 is 5.97 Å². The van der Waals surface area contributed by atoms with Crippen molar-refractivity contribution in [1.29, 1.82) is 0 Å². The quantitative estimate of drug-likeness (QED) is 0.756. The van der Waals surface area contributed by atoms with Crippen LogP contribution in [0.15, 0.2) is 0 Å². The standard InChI is InChI=1S/C14H23NO3/c16-12(10-11-6-3-1-2-4-7-11)15-14(13(17)18)8-5-9-14/h11H,1-10H2,(H,15,16)(H,17,18). The largest absolute Gasteiger partial charge is 0.480 e. The van der Waals surface area contributed by atoms with Gasteiger partial charge in [0, 0.05) is 6.42 Å². The Morgan fingerprint density at radius 1 is 1.06 bits per heavy atom. The van der Waals surface area contributed by atoms with Crippen molar-refractivity contribution in [2.24, 2.45) is 5.92 Å². The van der Waals surface area contributed by atoms with Gasteiger partial charge in [0.05, 0.1) is 0 Å². The molecule has 2 N–H and O–H groups in total. The van der Waals surface area contributed by atoms with E-state index in [1.807, 2.05) is 0 Å². The van der Waals surface area contributed by atoms with E-state index in [1.165, 1.54) is 25.7 Å². The molecule has 0 aliphatic heterocycles. The molecule has 0 heterocycles. The molecule has 0 aromatic rings. The smallest absolute Gasteiger partial charge is 0.329 e. The highest BCUT2D eigenvalue weighted by atomic mass is 16.4. The third-order valence-corrected chi connectivity index (χ3v) is 4.44. The molecule has 1 amide bonds. The minimum atomic E-state index is -0.943. The van der Waals surface area contributed by atoms with Crippen LogP contribution in [0.2, 0.25) is 0 Å². The van der Waals surface area contributed by atoms with Crippen LogP contribution in [0, 0.1) is 5.92 Å². The van der Waals surface area contributed by atoms with Gasteiger partial charge in [0.2, 0.25) is 5.91 Å². The predicted molar refractivity (Wildman–Crippen MR) is 68.2 cm³/mol. The summed E-state index contributed by atoms with van der Waals surface area (Å²) in [4.78, 5) is 23.1. The molecule has 0 aromatic heterocycles. The highest BCUT2D eigenvalue weighted by molar-refractivity contribution is 5.87. The molecular weight excluding hydrogens is 230 g/mol. The second kappa shape index (κ2) is 5.72. The van der Waals surface area contributed by atoms with E-state index in [2.05, 4.69) is 5.32 Å². The first-order valence-corrected chi connectivity index (χ1v) is 7.17. The Hall–Kier alpha value is -1.06. The second-order valence-corrected chi connectivity index (χ2v) is 5.85. The summed E-state index contributed by atoms with van der Waals surface area (Å²) in [5, 5.41) is 11.9. The molecule has 0 saturated heterocycles. The van der Waals surface area contributed by atoms with Gasteiger partial charge in [0.15, 0.2) is 0 Å². The van der Waals surface area contributed by atoms with Crippen LogP contribution in [0.4, 0.5) is 0 Å². The zero-order valence-corrected chi connectivity index (χ0v) is 10.9. The summed E-state index contributed by atoms with van der Waals surface area (Å²) in [7, 11) is 0. The summed E-state index contributed by atoms with van der Waals surface area (Å²) in [6.07, 6.45) is 9.78. The summed E-state index contributed by atoms with van der Waals surface area (Å²) >= 11 is 0.